The fourth-order valence-electron chi connectivity index (χ4n) is 1.68. The van der Waals surface area contributed by atoms with E-state index in [9.17, 15) is 14.9 Å². The molecule has 84 valence electrons. The average molecular weight is 221 g/mol. The van der Waals surface area contributed by atoms with Crippen LogP contribution in [0.15, 0.2) is 18.2 Å². The molecule has 0 radical (unpaired) electrons. The lowest BCUT2D eigenvalue weighted by molar-refractivity contribution is -0.384. The van der Waals surface area contributed by atoms with Crippen molar-refractivity contribution in [3.8, 4) is 0 Å². The zero-order valence-electron chi connectivity index (χ0n) is 8.69. The highest BCUT2D eigenvalue weighted by atomic mass is 16.6. The van der Waals surface area contributed by atoms with Gasteiger partial charge in [-0.25, -0.2) is 0 Å². The number of carbonyl (C=O) groups is 1. The summed E-state index contributed by atoms with van der Waals surface area (Å²) in [6.45, 7) is 2.31. The van der Waals surface area contributed by atoms with Crippen molar-refractivity contribution in [2.75, 3.05) is 11.9 Å². The van der Waals surface area contributed by atoms with Crippen molar-refractivity contribution in [3.05, 3.63) is 33.9 Å². The Morgan fingerprint density at radius 2 is 2.25 bits per heavy atom. The summed E-state index contributed by atoms with van der Waals surface area (Å²) in [5, 5.41) is 16.5. The fraction of sp³-hybridized carbons (Fsp3) is 0.300. The Hall–Kier alpha value is -2.11. The zero-order valence-corrected chi connectivity index (χ0v) is 8.69. The minimum absolute atomic E-state index is 0.0560. The second-order valence-corrected chi connectivity index (χ2v) is 3.71. The monoisotopic (exact) mass is 221 g/mol. The maximum Gasteiger partial charge on any atom is 0.293 e. The first-order valence-corrected chi connectivity index (χ1v) is 4.91. The van der Waals surface area contributed by atoms with Crippen molar-refractivity contribution in [2.24, 2.45) is 0 Å². The Morgan fingerprint density at radius 3 is 2.94 bits per heavy atom. The Labute approximate surface area is 91.8 Å². The molecule has 0 aromatic heterocycles. The topological polar surface area (TPSA) is 84.3 Å². The Balaban J connectivity index is 2.54. The standard InChI is InChI=1S/C10H11N3O3/c1-6-5-11-9-7(10(14)12-6)3-2-4-8(9)13(15)16/h2-4,6,11H,5H2,1H3,(H,12,14)/t6-/m1/s1. The molecule has 6 nitrogen and oxygen atoms in total. The van der Waals surface area contributed by atoms with Crippen LogP contribution >= 0.6 is 0 Å². The molecule has 1 aliphatic rings. The summed E-state index contributed by atoms with van der Waals surface area (Å²) >= 11 is 0. The highest BCUT2D eigenvalue weighted by molar-refractivity contribution is 6.02. The van der Waals surface area contributed by atoms with Gasteiger partial charge in [0, 0.05) is 18.7 Å². The number of nitrogens with zero attached hydrogens (tertiary/aromatic N) is 1. The van der Waals surface area contributed by atoms with Crippen LogP contribution in [0.4, 0.5) is 11.4 Å². The van der Waals surface area contributed by atoms with Crippen LogP contribution in [0.5, 0.6) is 0 Å². The van der Waals surface area contributed by atoms with Gasteiger partial charge in [-0.1, -0.05) is 6.07 Å². The number of benzene rings is 1. The van der Waals surface area contributed by atoms with E-state index in [4.69, 9.17) is 0 Å². The number of hydrogen-bond acceptors (Lipinski definition) is 4. The van der Waals surface area contributed by atoms with Gasteiger partial charge in [-0.2, -0.15) is 0 Å². The molecule has 0 bridgehead atoms. The van der Waals surface area contributed by atoms with Crippen LogP contribution in [0, 0.1) is 10.1 Å². The van der Waals surface area contributed by atoms with Gasteiger partial charge in [0.15, 0.2) is 0 Å². The maximum absolute atomic E-state index is 11.7. The van der Waals surface area contributed by atoms with Crippen LogP contribution in [0.2, 0.25) is 0 Å². The Morgan fingerprint density at radius 1 is 1.50 bits per heavy atom. The second kappa shape index (κ2) is 3.80. The molecule has 2 N–H and O–H groups in total. The fourth-order valence-corrected chi connectivity index (χ4v) is 1.68. The molecule has 0 aliphatic carbocycles. The normalized spacial score (nSPS) is 19.1. The van der Waals surface area contributed by atoms with E-state index in [2.05, 4.69) is 10.6 Å². The molecule has 0 spiro atoms. The highest BCUT2D eigenvalue weighted by Gasteiger charge is 2.25. The molecule has 1 aromatic rings. The summed E-state index contributed by atoms with van der Waals surface area (Å²) in [6.07, 6.45) is 0. The van der Waals surface area contributed by atoms with Crippen LogP contribution in [0.3, 0.4) is 0 Å². The van der Waals surface area contributed by atoms with Crippen molar-refractivity contribution in [3.63, 3.8) is 0 Å². The molecule has 6 heteroatoms. The SMILES string of the molecule is C[C@@H]1CNc2c(cccc2[N+](=O)[O-])C(=O)N1. The number of rotatable bonds is 1. The summed E-state index contributed by atoms with van der Waals surface area (Å²) in [6, 6.07) is 4.41. The van der Waals surface area contributed by atoms with Crippen LogP contribution in [0.1, 0.15) is 17.3 Å². The van der Waals surface area contributed by atoms with Crippen molar-refractivity contribution < 1.29 is 9.72 Å². The molecule has 16 heavy (non-hydrogen) atoms. The van der Waals surface area contributed by atoms with Crippen LogP contribution in [-0.2, 0) is 0 Å². The molecule has 1 atom stereocenters. The predicted molar refractivity (Wildman–Crippen MR) is 58.5 cm³/mol. The summed E-state index contributed by atoms with van der Waals surface area (Å²) in [5.74, 6) is -0.281. The van der Waals surface area contributed by atoms with E-state index < -0.39 is 4.92 Å². The summed E-state index contributed by atoms with van der Waals surface area (Å²) in [4.78, 5) is 22.0. The molecule has 1 aliphatic heterocycles. The zero-order chi connectivity index (χ0) is 11.7. The lowest BCUT2D eigenvalue weighted by Gasteiger charge is -2.08. The van der Waals surface area contributed by atoms with Crippen LogP contribution < -0.4 is 10.6 Å². The minimum Gasteiger partial charge on any atom is -0.377 e. The van der Waals surface area contributed by atoms with E-state index in [0.717, 1.165) is 0 Å². The largest absolute Gasteiger partial charge is 0.377 e. The molecule has 0 unspecified atom stereocenters. The first kappa shape index (κ1) is 10.4. The van der Waals surface area contributed by atoms with Gasteiger partial charge in [0.05, 0.1) is 10.5 Å². The van der Waals surface area contributed by atoms with E-state index in [1.165, 1.54) is 12.1 Å². The van der Waals surface area contributed by atoms with Gasteiger partial charge in [-0.15, -0.1) is 0 Å². The average Bonchev–Trinajstić information content (AvgIpc) is 2.38. The van der Waals surface area contributed by atoms with Gasteiger partial charge < -0.3 is 10.6 Å². The number of fused-ring (bicyclic) bond motifs is 1. The first-order chi connectivity index (χ1) is 7.59. The molecule has 0 fully saturated rings. The molecule has 1 amide bonds. The third-order valence-corrected chi connectivity index (χ3v) is 2.45. The predicted octanol–water partition coefficient (Wildman–Crippen LogP) is 1.14. The quantitative estimate of drug-likeness (QED) is 0.550. The summed E-state index contributed by atoms with van der Waals surface area (Å²) in [7, 11) is 0. The first-order valence-electron chi connectivity index (χ1n) is 4.91. The number of nitro benzene ring substituents is 1. The van der Waals surface area contributed by atoms with Crippen molar-refractivity contribution >= 4 is 17.3 Å². The van der Waals surface area contributed by atoms with E-state index >= 15 is 0 Å². The summed E-state index contributed by atoms with van der Waals surface area (Å²) < 4.78 is 0. The summed E-state index contributed by atoms with van der Waals surface area (Å²) in [5.41, 5.74) is 0.551. The van der Waals surface area contributed by atoms with Crippen molar-refractivity contribution in [1.82, 2.24) is 5.32 Å². The van der Waals surface area contributed by atoms with Gasteiger partial charge >= 0.3 is 0 Å². The number of carbonyl (C=O) groups excluding carboxylic acids is 1. The number of nitro groups is 1. The van der Waals surface area contributed by atoms with Gasteiger partial charge in [0.1, 0.15) is 5.69 Å². The molecule has 2 rings (SSSR count). The second-order valence-electron chi connectivity index (χ2n) is 3.71. The molecular weight excluding hydrogens is 210 g/mol. The third-order valence-electron chi connectivity index (χ3n) is 2.45. The highest BCUT2D eigenvalue weighted by Crippen LogP contribution is 2.29. The van der Waals surface area contributed by atoms with Gasteiger partial charge in [0.25, 0.3) is 11.6 Å². The minimum atomic E-state index is -0.491. The van der Waals surface area contributed by atoms with Gasteiger partial charge in [-0.3, -0.25) is 14.9 Å². The van der Waals surface area contributed by atoms with Crippen molar-refractivity contribution in [2.45, 2.75) is 13.0 Å². The van der Waals surface area contributed by atoms with Gasteiger partial charge in [0.2, 0.25) is 0 Å². The lowest BCUT2D eigenvalue weighted by Crippen LogP contribution is -2.34. The smallest absolute Gasteiger partial charge is 0.293 e. The van der Waals surface area contributed by atoms with E-state index in [-0.39, 0.29) is 17.6 Å². The molecule has 0 saturated heterocycles. The number of anilines is 1. The van der Waals surface area contributed by atoms with Gasteiger partial charge in [-0.05, 0) is 13.0 Å². The van der Waals surface area contributed by atoms with E-state index in [0.29, 0.717) is 17.8 Å². The molecule has 0 saturated carbocycles. The van der Waals surface area contributed by atoms with E-state index in [1.807, 2.05) is 6.92 Å². The lowest BCUT2D eigenvalue weighted by atomic mass is 10.1. The number of nitrogens with one attached hydrogen (secondary N) is 2. The molecular formula is C10H11N3O3. The van der Waals surface area contributed by atoms with Crippen LogP contribution in [0.25, 0.3) is 0 Å². The number of amides is 1. The number of para-hydroxylation sites is 1. The van der Waals surface area contributed by atoms with Crippen LogP contribution in [-0.4, -0.2) is 23.4 Å². The van der Waals surface area contributed by atoms with E-state index in [1.54, 1.807) is 6.07 Å². The third kappa shape index (κ3) is 1.69. The Kier molecular flexibility index (Phi) is 2.47. The molecule has 1 aromatic carbocycles. The van der Waals surface area contributed by atoms with Crippen molar-refractivity contribution in [1.29, 1.82) is 0 Å². The molecule has 1 heterocycles. The Bertz CT molecular complexity index is 459. The maximum atomic E-state index is 11.7. The number of hydrogen-bond donors (Lipinski definition) is 2.